The molecule has 12 nitrogen and oxygen atoms in total. The number of hydrogen-bond acceptors (Lipinski definition) is 11. The van der Waals surface area contributed by atoms with Crippen LogP contribution in [0.2, 0.25) is 0 Å². The molecule has 4 aromatic rings. The average Bonchev–Trinajstić information content (AvgIpc) is 3.52. The van der Waals surface area contributed by atoms with Crippen molar-refractivity contribution >= 4 is 65.2 Å². The van der Waals surface area contributed by atoms with Crippen LogP contribution < -0.4 is 10.2 Å². The summed E-state index contributed by atoms with van der Waals surface area (Å²) >= 11 is 0.704. The number of carbonyl (C=O) groups is 2. The van der Waals surface area contributed by atoms with E-state index in [0.29, 0.717) is 24.2 Å². The van der Waals surface area contributed by atoms with E-state index in [1.807, 2.05) is 17.9 Å². The summed E-state index contributed by atoms with van der Waals surface area (Å²) in [6.45, 7) is 12.3. The predicted octanol–water partition coefficient (Wildman–Crippen LogP) is 7.70. The monoisotopic (exact) mass is 784 g/mol. The van der Waals surface area contributed by atoms with Gasteiger partial charge in [0.2, 0.25) is 15.0 Å². The maximum absolute atomic E-state index is 17.4. The van der Waals surface area contributed by atoms with Gasteiger partial charge in [-0.15, -0.1) is 11.3 Å². The van der Waals surface area contributed by atoms with Gasteiger partial charge in [-0.2, -0.15) is 5.26 Å². The number of nitriles is 1. The average molecular weight is 785 g/mol. The van der Waals surface area contributed by atoms with Crippen molar-refractivity contribution in [3.8, 4) is 17.2 Å². The molecular weight excluding hydrogens is 746 g/mol. The van der Waals surface area contributed by atoms with Crippen molar-refractivity contribution in [2.24, 2.45) is 5.92 Å². The Morgan fingerprint density at radius 1 is 1.02 bits per heavy atom. The highest BCUT2D eigenvalue weighted by Crippen LogP contribution is 2.50. The molecule has 0 spiro atoms. The molecule has 7 rings (SSSR count). The zero-order valence-electron chi connectivity index (χ0n) is 30.9. The van der Waals surface area contributed by atoms with E-state index in [9.17, 15) is 23.3 Å². The fourth-order valence-corrected chi connectivity index (χ4v) is 9.63. The zero-order valence-corrected chi connectivity index (χ0v) is 32.6. The predicted molar refractivity (Wildman–Crippen MR) is 197 cm³/mol. The first-order chi connectivity index (χ1) is 25.1. The molecule has 2 amide bonds. The van der Waals surface area contributed by atoms with Crippen molar-refractivity contribution in [1.82, 2.24) is 14.9 Å². The fraction of sp³-hybridized carbons (Fsp3) is 0.486. The summed E-state index contributed by atoms with van der Waals surface area (Å²) in [5, 5.41) is 11.8. The molecule has 54 heavy (non-hydrogen) atoms. The molecule has 3 aliphatic rings. The number of ether oxygens (including phenoxy) is 2. The number of fused-ring (bicyclic) bond motifs is 6. The second-order valence-corrected chi connectivity index (χ2v) is 19.1. The molecule has 0 saturated carbocycles. The largest absolute Gasteiger partial charge is 0.444 e. The lowest BCUT2D eigenvalue weighted by atomic mass is 9.86. The minimum atomic E-state index is -4.15. The molecule has 2 aromatic heterocycles. The molecule has 286 valence electrons. The Morgan fingerprint density at radius 3 is 2.33 bits per heavy atom. The molecule has 3 aliphatic heterocycles. The van der Waals surface area contributed by atoms with Gasteiger partial charge in [0, 0.05) is 23.8 Å². The van der Waals surface area contributed by atoms with Crippen molar-refractivity contribution < 1.29 is 40.7 Å². The van der Waals surface area contributed by atoms with E-state index in [0.717, 1.165) is 18.4 Å². The van der Waals surface area contributed by atoms with Crippen LogP contribution >= 0.6 is 11.3 Å². The van der Waals surface area contributed by atoms with Crippen LogP contribution in [0.3, 0.4) is 0 Å². The lowest BCUT2D eigenvalue weighted by Crippen LogP contribution is -2.63. The number of benzene rings is 2. The molecule has 2 bridgehead atoms. The number of piperazine rings is 1. The van der Waals surface area contributed by atoms with E-state index in [4.69, 9.17) is 9.47 Å². The van der Waals surface area contributed by atoms with Crippen LogP contribution in [0.15, 0.2) is 17.3 Å². The van der Waals surface area contributed by atoms with E-state index >= 15 is 13.2 Å². The maximum Gasteiger partial charge on any atom is 0.412 e. The lowest BCUT2D eigenvalue weighted by Gasteiger charge is -2.49. The number of amides is 2. The van der Waals surface area contributed by atoms with Crippen LogP contribution in [0.25, 0.3) is 32.1 Å². The quantitative estimate of drug-likeness (QED) is 0.205. The first kappa shape index (κ1) is 37.6. The van der Waals surface area contributed by atoms with Gasteiger partial charge >= 0.3 is 12.2 Å². The summed E-state index contributed by atoms with van der Waals surface area (Å²) < 4.78 is 87.1. The number of hydrogen-bond donors (Lipinski definition) is 1. The normalized spacial score (nSPS) is 21.1. The van der Waals surface area contributed by atoms with E-state index < -0.39 is 79.0 Å². The van der Waals surface area contributed by atoms with Crippen molar-refractivity contribution in [2.45, 2.75) is 102 Å². The number of nitrogens with zero attached hydrogens (tertiary/aromatic N) is 5. The molecule has 2 fully saturated rings. The Bertz CT molecular complexity index is 2440. The Morgan fingerprint density at radius 2 is 1.70 bits per heavy atom. The summed E-state index contributed by atoms with van der Waals surface area (Å²) in [6, 6.07) is 2.87. The number of anilines is 2. The molecule has 4 atom stereocenters. The SMILES string of the molecule is C[C@H]1Cc2c(F)c(-c3ccc(F)c4sc(NC(=O)OC(C)(C)C)c(C#N)c34)c(F)c3nc(S(C)(=O)=O)nc(c23)N2CC3CCC([C@H]12)N3C(=O)OC(C)(C)C. The van der Waals surface area contributed by atoms with Crippen molar-refractivity contribution in [1.29, 1.82) is 5.26 Å². The Balaban J connectivity index is 1.46. The number of halogens is 3. The minimum absolute atomic E-state index is 0.00270. The van der Waals surface area contributed by atoms with Gasteiger partial charge in [0.05, 0.1) is 39.3 Å². The third-order valence-electron chi connectivity index (χ3n) is 9.89. The van der Waals surface area contributed by atoms with Gasteiger partial charge in [-0.05, 0) is 78.4 Å². The first-order valence-electron chi connectivity index (χ1n) is 17.4. The van der Waals surface area contributed by atoms with Crippen molar-refractivity contribution in [2.75, 3.05) is 23.0 Å². The second-order valence-electron chi connectivity index (χ2n) is 16.2. The van der Waals surface area contributed by atoms with E-state index in [2.05, 4.69) is 15.3 Å². The van der Waals surface area contributed by atoms with Crippen LogP contribution in [-0.4, -0.2) is 77.6 Å². The lowest BCUT2D eigenvalue weighted by molar-refractivity contribution is 0.00488. The molecule has 5 heterocycles. The third kappa shape index (κ3) is 6.26. The number of aromatic nitrogens is 2. The summed E-state index contributed by atoms with van der Waals surface area (Å²) in [5.41, 5.74) is -3.19. The maximum atomic E-state index is 17.4. The number of thiophene rings is 1. The molecule has 2 unspecified atom stereocenters. The summed E-state index contributed by atoms with van der Waals surface area (Å²) in [7, 11) is -4.15. The van der Waals surface area contributed by atoms with Gasteiger partial charge in [0.15, 0.2) is 5.82 Å². The molecule has 2 saturated heterocycles. The zero-order chi connectivity index (χ0) is 39.4. The second kappa shape index (κ2) is 12.7. The van der Waals surface area contributed by atoms with Crippen LogP contribution in [-0.2, 0) is 25.7 Å². The molecule has 2 aromatic carbocycles. The smallest absolute Gasteiger partial charge is 0.412 e. The molecule has 0 radical (unpaired) electrons. The van der Waals surface area contributed by atoms with Crippen LogP contribution in [0.5, 0.6) is 0 Å². The Kier molecular flexibility index (Phi) is 8.84. The molecule has 0 aliphatic carbocycles. The van der Waals surface area contributed by atoms with Crippen molar-refractivity contribution in [3.05, 3.63) is 40.7 Å². The number of sulfone groups is 1. The summed E-state index contributed by atoms with van der Waals surface area (Å²) in [4.78, 5) is 38.4. The molecule has 17 heteroatoms. The van der Waals surface area contributed by atoms with Crippen molar-refractivity contribution in [3.63, 3.8) is 0 Å². The van der Waals surface area contributed by atoms with Crippen LogP contribution in [0.4, 0.5) is 33.6 Å². The van der Waals surface area contributed by atoms with Gasteiger partial charge in [0.1, 0.15) is 45.2 Å². The molecular formula is C37H39F3N6O6S2. The Labute approximate surface area is 314 Å². The molecule has 1 N–H and O–H groups in total. The fourth-order valence-electron chi connectivity index (χ4n) is 8.05. The van der Waals surface area contributed by atoms with Gasteiger partial charge < -0.3 is 14.4 Å². The highest BCUT2D eigenvalue weighted by Gasteiger charge is 2.53. The van der Waals surface area contributed by atoms with E-state index in [-0.39, 0.29) is 67.9 Å². The van der Waals surface area contributed by atoms with Gasteiger partial charge in [-0.3, -0.25) is 10.2 Å². The number of nitrogens with one attached hydrogen (secondary N) is 1. The van der Waals surface area contributed by atoms with E-state index in [1.54, 1.807) is 46.4 Å². The van der Waals surface area contributed by atoms with Gasteiger partial charge in [-0.1, -0.05) is 13.0 Å². The van der Waals surface area contributed by atoms with Gasteiger partial charge in [0.25, 0.3) is 0 Å². The van der Waals surface area contributed by atoms with Crippen LogP contribution in [0.1, 0.15) is 72.4 Å². The summed E-state index contributed by atoms with van der Waals surface area (Å²) in [5.74, 6) is -3.39. The van der Waals surface area contributed by atoms with Gasteiger partial charge in [-0.25, -0.2) is 41.1 Å². The summed E-state index contributed by atoms with van der Waals surface area (Å²) in [6.07, 6.45) is 0.732. The number of carbonyl (C=O) groups excluding carboxylic acids is 2. The highest BCUT2D eigenvalue weighted by atomic mass is 32.2. The van der Waals surface area contributed by atoms with E-state index in [1.165, 1.54) is 0 Å². The number of rotatable bonds is 3. The van der Waals surface area contributed by atoms with Crippen LogP contribution in [0, 0.1) is 34.7 Å². The standard InChI is InChI=1S/C37H39F3N6O6S2/c1-16-13-19-25-28(42-33(54(8,49)50)43-31(25)45-15-17-9-12-22(29(16)45)46(17)35(48)52-37(5,6)7)27(40)24(26(19)39)18-10-11-21(38)30-23(18)20(14-41)32(53-30)44-34(47)51-36(2,3)4/h10-11,16-17,22,29H,9,12-13,15H2,1-8H3,(H,44,47)/t16-,17?,22?,29-/m0/s1. The third-order valence-corrected chi connectivity index (χ3v) is 11.9. The first-order valence-corrected chi connectivity index (χ1v) is 20.2. The topological polar surface area (TPSA) is 155 Å². The Hall–Kier alpha value is -4.69. The minimum Gasteiger partial charge on any atom is -0.444 e. The highest BCUT2D eigenvalue weighted by molar-refractivity contribution is 7.90.